The van der Waals surface area contributed by atoms with Crippen molar-refractivity contribution >= 4 is 32.7 Å². The van der Waals surface area contributed by atoms with Crippen LogP contribution in [0.25, 0.3) is 0 Å². The minimum Gasteiger partial charge on any atom is -0.410 e. The van der Waals surface area contributed by atoms with E-state index in [1.165, 1.54) is 0 Å². The van der Waals surface area contributed by atoms with Crippen molar-refractivity contribution in [3.8, 4) is 0 Å². The van der Waals surface area contributed by atoms with Crippen LogP contribution in [0.3, 0.4) is 0 Å². The molecule has 5 heteroatoms. The number of hydrogen-bond donors (Lipinski definition) is 1. The summed E-state index contributed by atoms with van der Waals surface area (Å²) in [5.41, 5.74) is 1.00. The van der Waals surface area contributed by atoms with E-state index in [0.29, 0.717) is 19.6 Å². The van der Waals surface area contributed by atoms with Crippen molar-refractivity contribution in [2.24, 2.45) is 5.16 Å². The second kappa shape index (κ2) is 4.73. The molecule has 1 aliphatic heterocycles. The van der Waals surface area contributed by atoms with Crippen LogP contribution in [-0.2, 0) is 10.2 Å². The number of benzene rings is 1. The van der Waals surface area contributed by atoms with Gasteiger partial charge in [-0.15, -0.1) is 0 Å². The van der Waals surface area contributed by atoms with E-state index < -0.39 is 0 Å². The van der Waals surface area contributed by atoms with Crippen LogP contribution in [0.1, 0.15) is 12.0 Å². The van der Waals surface area contributed by atoms with Gasteiger partial charge in [0.15, 0.2) is 0 Å². The zero-order chi connectivity index (χ0) is 11.6. The average molecular weight is 305 g/mol. The Morgan fingerprint density at radius 1 is 1.56 bits per heavy atom. The van der Waals surface area contributed by atoms with Crippen molar-refractivity contribution in [3.05, 3.63) is 34.3 Å². The summed E-state index contributed by atoms with van der Waals surface area (Å²) >= 11 is 9.22. The van der Waals surface area contributed by atoms with Gasteiger partial charge in [0.05, 0.1) is 13.2 Å². The molecule has 1 N–H and O–H groups in total. The van der Waals surface area contributed by atoms with Gasteiger partial charge in [-0.3, -0.25) is 0 Å². The Kier molecular flexibility index (Phi) is 3.52. The van der Waals surface area contributed by atoms with E-state index in [1.807, 2.05) is 24.3 Å². The van der Waals surface area contributed by atoms with Gasteiger partial charge >= 0.3 is 0 Å². The molecule has 0 unspecified atom stereocenters. The molecule has 0 atom stereocenters. The van der Waals surface area contributed by atoms with Crippen molar-refractivity contribution in [2.75, 3.05) is 13.2 Å². The monoisotopic (exact) mass is 303 g/mol. The van der Waals surface area contributed by atoms with Crippen LogP contribution in [0, 0.1) is 0 Å². The molecule has 0 aromatic heterocycles. The first-order chi connectivity index (χ1) is 7.66. The summed E-state index contributed by atoms with van der Waals surface area (Å²) in [6.07, 6.45) is 0.501. The van der Waals surface area contributed by atoms with Crippen molar-refractivity contribution in [2.45, 2.75) is 11.8 Å². The molecule has 0 aliphatic carbocycles. The largest absolute Gasteiger partial charge is 0.410 e. The number of rotatable bonds is 3. The second-order valence-electron chi connectivity index (χ2n) is 3.94. The highest BCUT2D eigenvalue weighted by Gasteiger charge is 2.41. The van der Waals surface area contributed by atoms with Crippen LogP contribution in [0.4, 0.5) is 0 Å². The van der Waals surface area contributed by atoms with Crippen molar-refractivity contribution in [3.63, 3.8) is 0 Å². The average Bonchev–Trinajstić information content (AvgIpc) is 2.23. The van der Waals surface area contributed by atoms with Gasteiger partial charge in [0.2, 0.25) is 0 Å². The van der Waals surface area contributed by atoms with Gasteiger partial charge in [-0.05, 0) is 17.7 Å². The Morgan fingerprint density at radius 3 is 2.81 bits per heavy atom. The molecule has 16 heavy (non-hydrogen) atoms. The number of oxime groups is 1. The van der Waals surface area contributed by atoms with Crippen LogP contribution in [0.5, 0.6) is 0 Å². The summed E-state index contributed by atoms with van der Waals surface area (Å²) in [4.78, 5) is 0. The highest BCUT2D eigenvalue weighted by atomic mass is 79.9. The molecule has 0 bridgehead atoms. The molecule has 3 nitrogen and oxygen atoms in total. The third-order valence-corrected chi connectivity index (χ3v) is 3.49. The molecule has 1 aromatic rings. The van der Waals surface area contributed by atoms with Gasteiger partial charge in [-0.1, -0.05) is 44.8 Å². The third kappa shape index (κ3) is 2.24. The predicted octanol–water partition coefficient (Wildman–Crippen LogP) is 3.13. The number of hydrogen-bond acceptors (Lipinski definition) is 3. The van der Waals surface area contributed by atoms with Crippen LogP contribution in [-0.4, -0.2) is 23.6 Å². The Bertz CT molecular complexity index is 418. The van der Waals surface area contributed by atoms with E-state index in [9.17, 15) is 0 Å². The minimum atomic E-state index is -0.146. The lowest BCUT2D eigenvalue weighted by Crippen LogP contribution is -2.47. The minimum absolute atomic E-state index is 0.146. The first-order valence-corrected chi connectivity index (χ1v) is 6.04. The fraction of sp³-hybridized carbons (Fsp3) is 0.364. The maximum atomic E-state index is 8.63. The summed E-state index contributed by atoms with van der Waals surface area (Å²) in [5.74, 6) is 0. The quantitative estimate of drug-likeness (QED) is 0.529. The van der Waals surface area contributed by atoms with Crippen molar-refractivity contribution < 1.29 is 9.94 Å². The fourth-order valence-corrected chi connectivity index (χ4v) is 2.51. The Hall–Kier alpha value is -0.580. The van der Waals surface area contributed by atoms with Crippen LogP contribution < -0.4 is 0 Å². The normalized spacial score (nSPS) is 19.2. The molecule has 1 aliphatic rings. The molecule has 0 radical (unpaired) electrons. The smallest absolute Gasteiger partial charge is 0.146 e. The highest BCUT2D eigenvalue weighted by molar-refractivity contribution is 9.10. The standard InChI is InChI=1S/C11H11BrClNO2/c12-9-3-1-2-8(4-9)11(6-16-7-11)5-10(13)14-15/h1-4,15H,5-7H2/b14-10-. The Morgan fingerprint density at radius 2 is 2.31 bits per heavy atom. The van der Waals surface area contributed by atoms with Gasteiger partial charge in [-0.2, -0.15) is 0 Å². The maximum absolute atomic E-state index is 8.63. The van der Waals surface area contributed by atoms with Gasteiger partial charge in [0.1, 0.15) is 5.17 Å². The molecule has 1 heterocycles. The molecular formula is C11H11BrClNO2. The maximum Gasteiger partial charge on any atom is 0.146 e. The van der Waals surface area contributed by atoms with Crippen LogP contribution in [0.15, 0.2) is 33.9 Å². The third-order valence-electron chi connectivity index (χ3n) is 2.79. The van der Waals surface area contributed by atoms with E-state index in [4.69, 9.17) is 21.5 Å². The Labute approximate surface area is 107 Å². The molecule has 0 spiro atoms. The number of halogens is 2. The zero-order valence-corrected chi connectivity index (χ0v) is 10.8. The summed E-state index contributed by atoms with van der Waals surface area (Å²) in [6, 6.07) is 8.03. The van der Waals surface area contributed by atoms with Crippen LogP contribution in [0.2, 0.25) is 0 Å². The molecule has 0 saturated carbocycles. The first kappa shape index (κ1) is 11.9. The van der Waals surface area contributed by atoms with E-state index in [2.05, 4.69) is 21.1 Å². The molecule has 1 fully saturated rings. The molecular weight excluding hydrogens is 293 g/mol. The van der Waals surface area contributed by atoms with E-state index in [0.717, 1.165) is 10.0 Å². The van der Waals surface area contributed by atoms with Gasteiger partial charge in [-0.25, -0.2) is 0 Å². The lowest BCUT2D eigenvalue weighted by molar-refractivity contribution is -0.0562. The predicted molar refractivity (Wildman–Crippen MR) is 66.3 cm³/mol. The fourth-order valence-electron chi connectivity index (χ4n) is 1.85. The van der Waals surface area contributed by atoms with Crippen molar-refractivity contribution in [1.29, 1.82) is 0 Å². The molecule has 0 amide bonds. The zero-order valence-electron chi connectivity index (χ0n) is 8.49. The van der Waals surface area contributed by atoms with E-state index >= 15 is 0 Å². The summed E-state index contributed by atoms with van der Waals surface area (Å²) in [5, 5.41) is 11.9. The number of ether oxygens (including phenoxy) is 1. The number of nitrogens with zero attached hydrogens (tertiary/aromatic N) is 1. The molecule has 2 rings (SSSR count). The van der Waals surface area contributed by atoms with E-state index in [1.54, 1.807) is 0 Å². The summed E-state index contributed by atoms with van der Waals surface area (Å²) in [6.45, 7) is 1.21. The highest BCUT2D eigenvalue weighted by Crippen LogP contribution is 2.37. The molecule has 1 aromatic carbocycles. The Balaban J connectivity index is 2.28. The second-order valence-corrected chi connectivity index (χ2v) is 5.29. The summed E-state index contributed by atoms with van der Waals surface area (Å²) < 4.78 is 6.29. The topological polar surface area (TPSA) is 41.8 Å². The van der Waals surface area contributed by atoms with Gasteiger partial charge in [0.25, 0.3) is 0 Å². The first-order valence-electron chi connectivity index (χ1n) is 4.86. The van der Waals surface area contributed by atoms with Gasteiger partial charge in [0, 0.05) is 16.3 Å². The lowest BCUT2D eigenvalue weighted by Gasteiger charge is -2.41. The van der Waals surface area contributed by atoms with Gasteiger partial charge < -0.3 is 9.94 Å². The lowest BCUT2D eigenvalue weighted by atomic mass is 9.76. The SMILES string of the molecule is O/N=C(\Cl)CC1(c2cccc(Br)c2)COC1. The molecule has 86 valence electrons. The van der Waals surface area contributed by atoms with Crippen molar-refractivity contribution in [1.82, 2.24) is 0 Å². The molecule has 1 saturated heterocycles. The van der Waals surface area contributed by atoms with Crippen LogP contribution >= 0.6 is 27.5 Å². The van der Waals surface area contributed by atoms with E-state index in [-0.39, 0.29) is 10.6 Å². The summed E-state index contributed by atoms with van der Waals surface area (Å²) in [7, 11) is 0.